The van der Waals surface area contributed by atoms with Crippen molar-refractivity contribution in [3.63, 3.8) is 0 Å². The fourth-order valence-electron chi connectivity index (χ4n) is 2.04. The predicted octanol–water partition coefficient (Wildman–Crippen LogP) is 1.86. The molecule has 0 aliphatic rings. The summed E-state index contributed by atoms with van der Waals surface area (Å²) >= 11 is 0. The van der Waals surface area contributed by atoms with Crippen molar-refractivity contribution in [3.8, 4) is 0 Å². The van der Waals surface area contributed by atoms with E-state index in [0.717, 1.165) is 5.56 Å². The first-order chi connectivity index (χ1) is 10.6. The molecule has 0 saturated heterocycles. The highest BCUT2D eigenvalue weighted by Crippen LogP contribution is 2.10. The number of amides is 2. The Balaban J connectivity index is 1.89. The van der Waals surface area contributed by atoms with Gasteiger partial charge in [-0.05, 0) is 23.8 Å². The molecule has 0 aromatic heterocycles. The first-order valence-corrected chi connectivity index (χ1v) is 6.98. The minimum Gasteiger partial charge on any atom is -0.376 e. The second-order valence-corrected chi connectivity index (χ2v) is 5.03. The van der Waals surface area contributed by atoms with Crippen molar-refractivity contribution < 1.29 is 9.59 Å². The van der Waals surface area contributed by atoms with Gasteiger partial charge in [0, 0.05) is 24.8 Å². The summed E-state index contributed by atoms with van der Waals surface area (Å²) in [4.78, 5) is 24.9. The van der Waals surface area contributed by atoms with Gasteiger partial charge in [0.2, 0.25) is 11.8 Å². The summed E-state index contributed by atoms with van der Waals surface area (Å²) in [5.74, 6) is -0.524. The van der Waals surface area contributed by atoms with Crippen LogP contribution in [0.3, 0.4) is 0 Å². The number of primary amides is 1. The SMILES string of the molecule is CN(Cc1ccccc1)C(=O)CNc1cccc(C(N)=O)c1. The monoisotopic (exact) mass is 297 g/mol. The molecule has 0 saturated carbocycles. The Labute approximate surface area is 129 Å². The van der Waals surface area contributed by atoms with Crippen molar-refractivity contribution in [3.05, 3.63) is 65.7 Å². The van der Waals surface area contributed by atoms with E-state index in [1.165, 1.54) is 0 Å². The summed E-state index contributed by atoms with van der Waals surface area (Å²) < 4.78 is 0. The van der Waals surface area contributed by atoms with Gasteiger partial charge in [0.25, 0.3) is 0 Å². The fourth-order valence-corrected chi connectivity index (χ4v) is 2.04. The van der Waals surface area contributed by atoms with Crippen molar-refractivity contribution in [2.75, 3.05) is 18.9 Å². The van der Waals surface area contributed by atoms with Gasteiger partial charge in [0.1, 0.15) is 0 Å². The van der Waals surface area contributed by atoms with Crippen molar-refractivity contribution in [2.45, 2.75) is 6.54 Å². The number of hydrogen-bond acceptors (Lipinski definition) is 3. The molecule has 0 heterocycles. The minimum absolute atomic E-state index is 0.0340. The summed E-state index contributed by atoms with van der Waals surface area (Å²) in [6.07, 6.45) is 0. The lowest BCUT2D eigenvalue weighted by atomic mass is 10.2. The first-order valence-electron chi connectivity index (χ1n) is 6.98. The van der Waals surface area contributed by atoms with Gasteiger partial charge in [0.15, 0.2) is 0 Å². The van der Waals surface area contributed by atoms with Crippen LogP contribution in [-0.2, 0) is 11.3 Å². The van der Waals surface area contributed by atoms with Crippen LogP contribution in [0, 0.1) is 0 Å². The van der Waals surface area contributed by atoms with E-state index < -0.39 is 5.91 Å². The number of rotatable bonds is 6. The Morgan fingerprint density at radius 2 is 1.82 bits per heavy atom. The van der Waals surface area contributed by atoms with Gasteiger partial charge in [-0.15, -0.1) is 0 Å². The van der Waals surface area contributed by atoms with Crippen LogP contribution in [0.15, 0.2) is 54.6 Å². The van der Waals surface area contributed by atoms with Gasteiger partial charge in [0.05, 0.1) is 6.54 Å². The molecule has 0 unspecified atom stereocenters. The van der Waals surface area contributed by atoms with E-state index >= 15 is 0 Å². The molecule has 2 rings (SSSR count). The van der Waals surface area contributed by atoms with Crippen molar-refractivity contribution in [1.29, 1.82) is 0 Å². The number of anilines is 1. The van der Waals surface area contributed by atoms with Crippen LogP contribution < -0.4 is 11.1 Å². The van der Waals surface area contributed by atoms with E-state index in [1.807, 2.05) is 30.3 Å². The van der Waals surface area contributed by atoms with Gasteiger partial charge in [-0.1, -0.05) is 36.4 Å². The van der Waals surface area contributed by atoms with Crippen LogP contribution >= 0.6 is 0 Å². The number of carbonyl (C=O) groups excluding carboxylic acids is 2. The molecule has 2 aromatic carbocycles. The van der Waals surface area contributed by atoms with Crippen molar-refractivity contribution in [2.24, 2.45) is 5.73 Å². The number of likely N-dealkylation sites (N-methyl/N-ethyl adjacent to an activating group) is 1. The van der Waals surface area contributed by atoms with E-state index in [9.17, 15) is 9.59 Å². The molecule has 0 aliphatic carbocycles. The molecule has 5 nitrogen and oxygen atoms in total. The number of nitrogens with one attached hydrogen (secondary N) is 1. The fraction of sp³-hybridized carbons (Fsp3) is 0.176. The molecule has 0 fully saturated rings. The highest BCUT2D eigenvalue weighted by molar-refractivity contribution is 5.93. The van der Waals surface area contributed by atoms with Crippen LogP contribution in [0.4, 0.5) is 5.69 Å². The third kappa shape index (κ3) is 4.34. The van der Waals surface area contributed by atoms with Crippen molar-refractivity contribution >= 4 is 17.5 Å². The first kappa shape index (κ1) is 15.6. The van der Waals surface area contributed by atoms with E-state index in [4.69, 9.17) is 5.73 Å². The zero-order chi connectivity index (χ0) is 15.9. The topological polar surface area (TPSA) is 75.4 Å². The molecule has 3 N–H and O–H groups in total. The Morgan fingerprint density at radius 3 is 2.50 bits per heavy atom. The summed E-state index contributed by atoms with van der Waals surface area (Å²) in [5, 5.41) is 3.01. The van der Waals surface area contributed by atoms with Gasteiger partial charge < -0.3 is 16.0 Å². The smallest absolute Gasteiger partial charge is 0.248 e. The van der Waals surface area contributed by atoms with Gasteiger partial charge >= 0.3 is 0 Å². The highest BCUT2D eigenvalue weighted by atomic mass is 16.2. The van der Waals surface area contributed by atoms with Gasteiger partial charge in [-0.3, -0.25) is 9.59 Å². The lowest BCUT2D eigenvalue weighted by Gasteiger charge is -2.18. The quantitative estimate of drug-likeness (QED) is 0.854. The minimum atomic E-state index is -0.490. The van der Waals surface area contributed by atoms with Gasteiger partial charge in [-0.2, -0.15) is 0 Å². The summed E-state index contributed by atoms with van der Waals surface area (Å²) in [5.41, 5.74) is 7.41. The number of carbonyl (C=O) groups is 2. The second-order valence-electron chi connectivity index (χ2n) is 5.03. The third-order valence-electron chi connectivity index (χ3n) is 3.28. The molecule has 2 amide bonds. The predicted molar refractivity (Wildman–Crippen MR) is 86.4 cm³/mol. The molecule has 0 aliphatic heterocycles. The Kier molecular flexibility index (Phi) is 5.14. The zero-order valence-corrected chi connectivity index (χ0v) is 12.5. The van der Waals surface area contributed by atoms with Crippen LogP contribution in [-0.4, -0.2) is 30.3 Å². The Morgan fingerprint density at radius 1 is 1.09 bits per heavy atom. The molecule has 0 radical (unpaired) electrons. The summed E-state index contributed by atoms with van der Waals surface area (Å²) in [6, 6.07) is 16.6. The second kappa shape index (κ2) is 7.26. The molecule has 22 heavy (non-hydrogen) atoms. The maximum Gasteiger partial charge on any atom is 0.248 e. The average Bonchev–Trinajstić information content (AvgIpc) is 2.53. The standard InChI is InChI=1S/C17H19N3O2/c1-20(12-13-6-3-2-4-7-13)16(21)11-19-15-9-5-8-14(10-15)17(18)22/h2-10,19H,11-12H2,1H3,(H2,18,22). The van der Waals surface area contributed by atoms with E-state index in [-0.39, 0.29) is 12.5 Å². The largest absolute Gasteiger partial charge is 0.376 e. The summed E-state index contributed by atoms with van der Waals surface area (Å²) in [7, 11) is 1.76. The van der Waals surface area contributed by atoms with E-state index in [0.29, 0.717) is 17.8 Å². The molecule has 0 bridgehead atoms. The molecular weight excluding hydrogens is 278 g/mol. The number of benzene rings is 2. The van der Waals surface area contributed by atoms with Gasteiger partial charge in [-0.25, -0.2) is 0 Å². The molecule has 0 atom stereocenters. The maximum absolute atomic E-state index is 12.1. The highest BCUT2D eigenvalue weighted by Gasteiger charge is 2.09. The lowest BCUT2D eigenvalue weighted by molar-refractivity contribution is -0.128. The third-order valence-corrected chi connectivity index (χ3v) is 3.28. The lowest BCUT2D eigenvalue weighted by Crippen LogP contribution is -2.31. The molecule has 5 heteroatoms. The molecular formula is C17H19N3O2. The van der Waals surface area contributed by atoms with E-state index in [2.05, 4.69) is 5.32 Å². The number of nitrogens with two attached hydrogens (primary N) is 1. The van der Waals surface area contributed by atoms with Crippen molar-refractivity contribution in [1.82, 2.24) is 4.90 Å². The zero-order valence-electron chi connectivity index (χ0n) is 12.5. The van der Waals surface area contributed by atoms with Crippen LogP contribution in [0.25, 0.3) is 0 Å². The average molecular weight is 297 g/mol. The Bertz CT molecular complexity index is 656. The van der Waals surface area contributed by atoms with Crippen LogP contribution in [0.2, 0.25) is 0 Å². The molecule has 0 spiro atoms. The molecule has 114 valence electrons. The Hall–Kier alpha value is -2.82. The van der Waals surface area contributed by atoms with E-state index in [1.54, 1.807) is 36.2 Å². The normalized spacial score (nSPS) is 10.0. The maximum atomic E-state index is 12.1. The number of hydrogen-bond donors (Lipinski definition) is 2. The molecule has 2 aromatic rings. The number of nitrogens with zero attached hydrogens (tertiary/aromatic N) is 1. The summed E-state index contributed by atoms with van der Waals surface area (Å²) in [6.45, 7) is 0.716. The van der Waals surface area contributed by atoms with Crippen LogP contribution in [0.1, 0.15) is 15.9 Å². The van der Waals surface area contributed by atoms with Crippen LogP contribution in [0.5, 0.6) is 0 Å².